The maximum atomic E-state index is 4.69. The lowest BCUT2D eigenvalue weighted by Crippen LogP contribution is -2.25. The maximum Gasteiger partial charge on any atom is 0.124 e. The predicted octanol–water partition coefficient (Wildman–Crippen LogP) is 2.92. The smallest absolute Gasteiger partial charge is 0.124 e. The number of nitrogens with zero attached hydrogens (tertiary/aromatic N) is 2. The Morgan fingerprint density at radius 1 is 1.35 bits per heavy atom. The highest BCUT2D eigenvalue weighted by molar-refractivity contribution is 5.66. The second kappa shape index (κ2) is 3.91. The first-order chi connectivity index (χ1) is 8.24. The minimum Gasteiger partial charge on any atom is -0.370 e. The Balaban J connectivity index is 2.03. The van der Waals surface area contributed by atoms with Crippen LogP contribution in [0.15, 0.2) is 30.3 Å². The van der Waals surface area contributed by atoms with E-state index in [0.29, 0.717) is 5.92 Å². The monoisotopic (exact) mass is 227 g/mol. The molecular formula is C14H17N3. The van der Waals surface area contributed by atoms with Gasteiger partial charge in [0.2, 0.25) is 0 Å². The molecule has 1 unspecified atom stereocenters. The molecule has 2 heterocycles. The largest absolute Gasteiger partial charge is 0.370 e. The van der Waals surface area contributed by atoms with E-state index in [-0.39, 0.29) is 0 Å². The van der Waals surface area contributed by atoms with Gasteiger partial charge in [0.05, 0.1) is 5.69 Å². The summed E-state index contributed by atoms with van der Waals surface area (Å²) < 4.78 is 2.08. The molecule has 0 spiro atoms. The SMILES string of the molecule is Cc1ccccc1-c1cc2n(n1)CC(C)CN2. The first-order valence-corrected chi connectivity index (χ1v) is 6.12. The summed E-state index contributed by atoms with van der Waals surface area (Å²) in [7, 11) is 0. The van der Waals surface area contributed by atoms with Crippen LogP contribution in [0.3, 0.4) is 0 Å². The van der Waals surface area contributed by atoms with Crippen LogP contribution in [0.4, 0.5) is 5.82 Å². The van der Waals surface area contributed by atoms with Crippen molar-refractivity contribution in [2.75, 3.05) is 11.9 Å². The summed E-state index contributed by atoms with van der Waals surface area (Å²) >= 11 is 0. The Labute approximate surface area is 101 Å². The number of benzene rings is 1. The number of aromatic nitrogens is 2. The molecule has 1 N–H and O–H groups in total. The maximum absolute atomic E-state index is 4.69. The second-order valence-electron chi connectivity index (χ2n) is 4.90. The normalized spacial score (nSPS) is 18.6. The van der Waals surface area contributed by atoms with Crippen molar-refractivity contribution in [2.24, 2.45) is 5.92 Å². The molecule has 1 aromatic carbocycles. The van der Waals surface area contributed by atoms with Crippen molar-refractivity contribution in [3.8, 4) is 11.3 Å². The zero-order valence-electron chi connectivity index (χ0n) is 10.3. The molecule has 0 fully saturated rings. The highest BCUT2D eigenvalue weighted by atomic mass is 15.3. The molecule has 0 amide bonds. The first-order valence-electron chi connectivity index (χ1n) is 6.12. The van der Waals surface area contributed by atoms with Crippen LogP contribution in [0.5, 0.6) is 0 Å². The fraction of sp³-hybridized carbons (Fsp3) is 0.357. The number of nitrogens with one attached hydrogen (secondary N) is 1. The van der Waals surface area contributed by atoms with Gasteiger partial charge in [-0.15, -0.1) is 0 Å². The summed E-state index contributed by atoms with van der Waals surface area (Å²) in [4.78, 5) is 0. The summed E-state index contributed by atoms with van der Waals surface area (Å²) in [5.41, 5.74) is 3.57. The van der Waals surface area contributed by atoms with Crippen LogP contribution in [0.2, 0.25) is 0 Å². The molecule has 0 saturated carbocycles. The molecule has 0 saturated heterocycles. The minimum absolute atomic E-state index is 0.645. The minimum atomic E-state index is 0.645. The van der Waals surface area contributed by atoms with Crippen molar-refractivity contribution in [2.45, 2.75) is 20.4 Å². The molecule has 3 rings (SSSR count). The summed E-state index contributed by atoms with van der Waals surface area (Å²) in [5, 5.41) is 8.11. The molecule has 17 heavy (non-hydrogen) atoms. The zero-order valence-corrected chi connectivity index (χ0v) is 10.3. The average Bonchev–Trinajstić information content (AvgIpc) is 2.72. The quantitative estimate of drug-likeness (QED) is 0.811. The lowest BCUT2D eigenvalue weighted by Gasteiger charge is -2.21. The van der Waals surface area contributed by atoms with E-state index in [2.05, 4.69) is 59.3 Å². The van der Waals surface area contributed by atoms with Crippen LogP contribution in [-0.4, -0.2) is 16.3 Å². The molecule has 3 heteroatoms. The molecule has 0 aliphatic carbocycles. The summed E-state index contributed by atoms with van der Waals surface area (Å²) in [6.07, 6.45) is 0. The third-order valence-electron chi connectivity index (χ3n) is 3.32. The van der Waals surface area contributed by atoms with Gasteiger partial charge in [0, 0.05) is 24.7 Å². The third kappa shape index (κ3) is 1.82. The summed E-state index contributed by atoms with van der Waals surface area (Å²) in [6, 6.07) is 10.5. The molecule has 0 radical (unpaired) electrons. The van der Waals surface area contributed by atoms with Gasteiger partial charge in [-0.25, -0.2) is 4.68 Å². The van der Waals surface area contributed by atoms with Crippen molar-refractivity contribution in [1.82, 2.24) is 9.78 Å². The van der Waals surface area contributed by atoms with Gasteiger partial charge >= 0.3 is 0 Å². The fourth-order valence-electron chi connectivity index (χ4n) is 2.33. The van der Waals surface area contributed by atoms with Crippen LogP contribution in [0.1, 0.15) is 12.5 Å². The molecule has 88 valence electrons. The molecule has 1 aliphatic heterocycles. The highest BCUT2D eigenvalue weighted by Crippen LogP contribution is 2.27. The first kappa shape index (κ1) is 10.4. The number of rotatable bonds is 1. The zero-order chi connectivity index (χ0) is 11.8. The number of fused-ring (bicyclic) bond motifs is 1. The van der Waals surface area contributed by atoms with E-state index in [9.17, 15) is 0 Å². The number of anilines is 1. The van der Waals surface area contributed by atoms with E-state index in [1.54, 1.807) is 0 Å². The van der Waals surface area contributed by atoms with E-state index >= 15 is 0 Å². The van der Waals surface area contributed by atoms with Crippen molar-refractivity contribution < 1.29 is 0 Å². The number of hydrogen-bond donors (Lipinski definition) is 1. The Hall–Kier alpha value is -1.77. The van der Waals surface area contributed by atoms with Crippen molar-refractivity contribution in [3.63, 3.8) is 0 Å². The summed E-state index contributed by atoms with van der Waals surface area (Å²) in [6.45, 7) is 6.42. The molecule has 0 bridgehead atoms. The van der Waals surface area contributed by atoms with E-state index in [0.717, 1.165) is 24.6 Å². The van der Waals surface area contributed by atoms with Crippen LogP contribution in [0, 0.1) is 12.8 Å². The molecule has 1 aliphatic rings. The van der Waals surface area contributed by atoms with E-state index < -0.39 is 0 Å². The van der Waals surface area contributed by atoms with Crippen LogP contribution in [-0.2, 0) is 6.54 Å². The van der Waals surface area contributed by atoms with Gasteiger partial charge in [0.15, 0.2) is 0 Å². The molecular weight excluding hydrogens is 210 g/mol. The average molecular weight is 227 g/mol. The Morgan fingerprint density at radius 2 is 2.18 bits per heavy atom. The van der Waals surface area contributed by atoms with Gasteiger partial charge in [-0.2, -0.15) is 5.10 Å². The van der Waals surface area contributed by atoms with Gasteiger partial charge in [-0.1, -0.05) is 31.2 Å². The Morgan fingerprint density at radius 3 is 3.00 bits per heavy atom. The van der Waals surface area contributed by atoms with E-state index in [1.807, 2.05) is 0 Å². The predicted molar refractivity (Wildman–Crippen MR) is 70.1 cm³/mol. The highest BCUT2D eigenvalue weighted by Gasteiger charge is 2.17. The Bertz CT molecular complexity index is 542. The van der Waals surface area contributed by atoms with Crippen molar-refractivity contribution >= 4 is 5.82 Å². The number of aryl methyl sites for hydroxylation is 1. The van der Waals surface area contributed by atoms with Gasteiger partial charge in [0.25, 0.3) is 0 Å². The van der Waals surface area contributed by atoms with Crippen molar-refractivity contribution in [1.29, 1.82) is 0 Å². The van der Waals surface area contributed by atoms with Gasteiger partial charge in [-0.3, -0.25) is 0 Å². The molecule has 1 aromatic heterocycles. The van der Waals surface area contributed by atoms with Crippen LogP contribution in [0.25, 0.3) is 11.3 Å². The fourth-order valence-corrected chi connectivity index (χ4v) is 2.33. The lowest BCUT2D eigenvalue weighted by atomic mass is 10.1. The van der Waals surface area contributed by atoms with E-state index in [1.165, 1.54) is 11.1 Å². The molecule has 1 atom stereocenters. The number of hydrogen-bond acceptors (Lipinski definition) is 2. The van der Waals surface area contributed by atoms with Gasteiger partial charge < -0.3 is 5.32 Å². The van der Waals surface area contributed by atoms with Gasteiger partial charge in [0.1, 0.15) is 5.82 Å². The lowest BCUT2D eigenvalue weighted by molar-refractivity contribution is 0.446. The van der Waals surface area contributed by atoms with Crippen molar-refractivity contribution in [3.05, 3.63) is 35.9 Å². The third-order valence-corrected chi connectivity index (χ3v) is 3.32. The Kier molecular flexibility index (Phi) is 2.39. The molecule has 3 nitrogen and oxygen atoms in total. The molecule has 2 aromatic rings. The summed E-state index contributed by atoms with van der Waals surface area (Å²) in [5.74, 6) is 1.79. The van der Waals surface area contributed by atoms with Crippen LogP contribution < -0.4 is 5.32 Å². The topological polar surface area (TPSA) is 29.9 Å². The van der Waals surface area contributed by atoms with Crippen LogP contribution >= 0.6 is 0 Å². The van der Waals surface area contributed by atoms with Gasteiger partial charge in [-0.05, 0) is 18.4 Å². The second-order valence-corrected chi connectivity index (χ2v) is 4.90. The standard InChI is InChI=1S/C14H17N3/c1-10-8-15-14-7-13(16-17(14)9-10)12-6-4-3-5-11(12)2/h3-7,10,15H,8-9H2,1-2H3. The van der Waals surface area contributed by atoms with E-state index in [4.69, 9.17) is 0 Å².